The molecule has 0 spiro atoms. The Morgan fingerprint density at radius 3 is 2.62 bits per heavy atom. The second kappa shape index (κ2) is 4.97. The third-order valence-corrected chi connectivity index (χ3v) is 2.97. The molecule has 0 aromatic rings. The van der Waals surface area contributed by atoms with Gasteiger partial charge >= 0.3 is 0 Å². The second-order valence-corrected chi connectivity index (χ2v) is 4.65. The molecule has 0 aromatic carbocycles. The average Bonchev–Trinajstić information content (AvgIpc) is 2.07. The van der Waals surface area contributed by atoms with Crippen LogP contribution in [0.4, 0.5) is 0 Å². The fraction of sp³-hybridized carbons (Fsp3) is 1.00. The lowest BCUT2D eigenvalue weighted by molar-refractivity contribution is -0.0526. The fourth-order valence-electron chi connectivity index (χ4n) is 2.33. The van der Waals surface area contributed by atoms with Crippen LogP contribution in [0.3, 0.4) is 0 Å². The van der Waals surface area contributed by atoms with Gasteiger partial charge in [0.1, 0.15) is 0 Å². The van der Waals surface area contributed by atoms with Gasteiger partial charge in [-0.3, -0.25) is 0 Å². The van der Waals surface area contributed by atoms with Crippen LogP contribution in [-0.2, 0) is 4.74 Å². The maximum absolute atomic E-state index is 9.60. The van der Waals surface area contributed by atoms with E-state index in [-0.39, 0.29) is 12.2 Å². The summed E-state index contributed by atoms with van der Waals surface area (Å²) >= 11 is 0. The van der Waals surface area contributed by atoms with Crippen molar-refractivity contribution in [3.63, 3.8) is 0 Å². The van der Waals surface area contributed by atoms with E-state index in [4.69, 9.17) is 4.74 Å². The molecule has 13 heavy (non-hydrogen) atoms. The van der Waals surface area contributed by atoms with Crippen molar-refractivity contribution in [2.24, 2.45) is 11.8 Å². The summed E-state index contributed by atoms with van der Waals surface area (Å²) in [5.74, 6) is 1.52. The molecule has 0 aliphatic heterocycles. The average molecular weight is 186 g/mol. The van der Waals surface area contributed by atoms with Crippen molar-refractivity contribution in [3.05, 3.63) is 0 Å². The van der Waals surface area contributed by atoms with Crippen molar-refractivity contribution in [3.8, 4) is 0 Å². The van der Waals surface area contributed by atoms with E-state index in [1.807, 2.05) is 0 Å². The Bertz CT molecular complexity index is 145. The van der Waals surface area contributed by atoms with Gasteiger partial charge in [0.2, 0.25) is 0 Å². The lowest BCUT2D eigenvalue weighted by Gasteiger charge is -2.33. The monoisotopic (exact) mass is 186 g/mol. The summed E-state index contributed by atoms with van der Waals surface area (Å²) in [5, 5.41) is 9.60. The molecular formula is C11H22O2. The molecule has 2 nitrogen and oxygen atoms in total. The van der Waals surface area contributed by atoms with Crippen LogP contribution < -0.4 is 0 Å². The Kier molecular flexibility index (Phi) is 4.20. The Hall–Kier alpha value is -0.0800. The Labute approximate surface area is 81.3 Å². The number of aliphatic hydroxyl groups excluding tert-OH is 1. The molecule has 0 radical (unpaired) electrons. The quantitative estimate of drug-likeness (QED) is 0.732. The fourth-order valence-corrected chi connectivity index (χ4v) is 2.33. The van der Waals surface area contributed by atoms with Crippen molar-refractivity contribution in [2.45, 2.75) is 51.7 Å². The van der Waals surface area contributed by atoms with E-state index in [2.05, 4.69) is 13.8 Å². The number of methoxy groups -OCH3 is 1. The van der Waals surface area contributed by atoms with Crippen molar-refractivity contribution >= 4 is 0 Å². The highest BCUT2D eigenvalue weighted by Crippen LogP contribution is 2.30. The number of hydrogen-bond acceptors (Lipinski definition) is 2. The molecule has 0 bridgehead atoms. The van der Waals surface area contributed by atoms with Crippen LogP contribution in [0, 0.1) is 11.8 Å². The van der Waals surface area contributed by atoms with Gasteiger partial charge in [-0.25, -0.2) is 0 Å². The summed E-state index contributed by atoms with van der Waals surface area (Å²) in [6.45, 7) is 4.51. The third-order valence-electron chi connectivity index (χ3n) is 2.97. The Balaban J connectivity index is 2.36. The minimum absolute atomic E-state index is 0.0810. The highest BCUT2D eigenvalue weighted by atomic mass is 16.5. The van der Waals surface area contributed by atoms with E-state index in [1.54, 1.807) is 7.11 Å². The molecule has 0 saturated heterocycles. The highest BCUT2D eigenvalue weighted by molar-refractivity contribution is 4.80. The molecule has 1 N–H and O–H groups in total. The van der Waals surface area contributed by atoms with Gasteiger partial charge in [0.05, 0.1) is 12.2 Å². The molecule has 1 aliphatic carbocycles. The first-order chi connectivity index (χ1) is 6.13. The first-order valence-electron chi connectivity index (χ1n) is 5.34. The molecule has 1 rings (SSSR count). The number of hydrogen-bond donors (Lipinski definition) is 1. The zero-order valence-electron chi connectivity index (χ0n) is 8.99. The van der Waals surface area contributed by atoms with Crippen LogP contribution in [0.1, 0.15) is 39.5 Å². The lowest BCUT2D eigenvalue weighted by Crippen LogP contribution is -2.35. The molecule has 0 heterocycles. The standard InChI is InChI=1S/C11H22O2/c1-8(2)6-9-4-5-10(12)11(7-9)13-3/h8-12H,4-7H2,1-3H3/t9-,10+,11+/m0/s1. The topological polar surface area (TPSA) is 29.5 Å². The smallest absolute Gasteiger partial charge is 0.0832 e. The molecule has 2 heteroatoms. The predicted molar refractivity (Wildman–Crippen MR) is 53.6 cm³/mol. The predicted octanol–water partition coefficient (Wildman–Crippen LogP) is 2.21. The highest BCUT2D eigenvalue weighted by Gasteiger charge is 2.29. The van der Waals surface area contributed by atoms with Crippen LogP contribution in [0.25, 0.3) is 0 Å². The van der Waals surface area contributed by atoms with E-state index in [1.165, 1.54) is 12.8 Å². The van der Waals surface area contributed by atoms with Crippen LogP contribution in [0.2, 0.25) is 0 Å². The Morgan fingerprint density at radius 1 is 1.38 bits per heavy atom. The first-order valence-corrected chi connectivity index (χ1v) is 5.34. The summed E-state index contributed by atoms with van der Waals surface area (Å²) in [5.41, 5.74) is 0. The summed E-state index contributed by atoms with van der Waals surface area (Å²) in [6, 6.07) is 0. The minimum Gasteiger partial charge on any atom is -0.390 e. The lowest BCUT2D eigenvalue weighted by atomic mass is 9.81. The van der Waals surface area contributed by atoms with E-state index >= 15 is 0 Å². The molecule has 3 atom stereocenters. The van der Waals surface area contributed by atoms with Crippen molar-refractivity contribution in [1.29, 1.82) is 0 Å². The number of ether oxygens (including phenoxy) is 1. The third kappa shape index (κ3) is 3.28. The van der Waals surface area contributed by atoms with Gasteiger partial charge in [-0.1, -0.05) is 13.8 Å². The first kappa shape index (κ1) is 11.0. The maximum Gasteiger partial charge on any atom is 0.0832 e. The molecule has 0 amide bonds. The minimum atomic E-state index is -0.228. The molecule has 1 aliphatic rings. The van der Waals surface area contributed by atoms with Gasteiger partial charge in [0, 0.05) is 7.11 Å². The van der Waals surface area contributed by atoms with E-state index in [9.17, 15) is 5.11 Å². The SMILES string of the molecule is CO[C@@H]1C[C@H](CC(C)C)CC[C@H]1O. The zero-order chi connectivity index (χ0) is 9.84. The van der Waals surface area contributed by atoms with Crippen molar-refractivity contribution in [2.75, 3.05) is 7.11 Å². The summed E-state index contributed by atoms with van der Waals surface area (Å²) < 4.78 is 5.27. The zero-order valence-corrected chi connectivity index (χ0v) is 8.99. The maximum atomic E-state index is 9.60. The summed E-state index contributed by atoms with van der Waals surface area (Å²) in [6.07, 6.45) is 4.24. The van der Waals surface area contributed by atoms with Gasteiger partial charge in [-0.05, 0) is 37.5 Å². The van der Waals surface area contributed by atoms with Crippen molar-refractivity contribution < 1.29 is 9.84 Å². The van der Waals surface area contributed by atoms with Crippen molar-refractivity contribution in [1.82, 2.24) is 0 Å². The van der Waals surface area contributed by atoms with Gasteiger partial charge in [-0.15, -0.1) is 0 Å². The Morgan fingerprint density at radius 2 is 2.08 bits per heavy atom. The van der Waals surface area contributed by atoms with Gasteiger partial charge in [0.25, 0.3) is 0 Å². The largest absolute Gasteiger partial charge is 0.390 e. The number of rotatable bonds is 3. The second-order valence-electron chi connectivity index (χ2n) is 4.65. The van der Waals surface area contributed by atoms with Gasteiger partial charge in [0.15, 0.2) is 0 Å². The van der Waals surface area contributed by atoms with Crippen LogP contribution >= 0.6 is 0 Å². The van der Waals surface area contributed by atoms with Crippen LogP contribution in [0.15, 0.2) is 0 Å². The summed E-state index contributed by atoms with van der Waals surface area (Å²) in [7, 11) is 1.70. The van der Waals surface area contributed by atoms with Crippen LogP contribution in [-0.4, -0.2) is 24.4 Å². The van der Waals surface area contributed by atoms with Crippen LogP contribution in [0.5, 0.6) is 0 Å². The molecule has 1 saturated carbocycles. The van der Waals surface area contributed by atoms with E-state index in [0.29, 0.717) is 0 Å². The molecule has 0 unspecified atom stereocenters. The van der Waals surface area contributed by atoms with Gasteiger partial charge < -0.3 is 9.84 Å². The summed E-state index contributed by atoms with van der Waals surface area (Å²) in [4.78, 5) is 0. The van der Waals surface area contributed by atoms with E-state index < -0.39 is 0 Å². The normalized spacial score (nSPS) is 35.3. The molecular weight excluding hydrogens is 164 g/mol. The molecule has 78 valence electrons. The molecule has 0 aromatic heterocycles. The van der Waals surface area contributed by atoms with E-state index in [0.717, 1.165) is 24.7 Å². The molecule has 1 fully saturated rings. The number of aliphatic hydroxyl groups is 1. The van der Waals surface area contributed by atoms with Gasteiger partial charge in [-0.2, -0.15) is 0 Å².